The van der Waals surface area contributed by atoms with Crippen LogP contribution in [0.5, 0.6) is 11.5 Å². The number of nitrogens with zero attached hydrogens (tertiary/aromatic N) is 4. The van der Waals surface area contributed by atoms with Crippen LogP contribution in [-0.2, 0) is 0 Å². The van der Waals surface area contributed by atoms with E-state index in [-0.39, 0.29) is 11.8 Å². The summed E-state index contributed by atoms with van der Waals surface area (Å²) in [4.78, 5) is 2.58. The minimum absolute atomic E-state index is 0.0870. The number of nitrogen functional groups attached to an aromatic ring is 1. The van der Waals surface area contributed by atoms with Gasteiger partial charge in [0.2, 0.25) is 0 Å². The fourth-order valence-electron chi connectivity index (χ4n) is 5.66. The molecule has 1 aliphatic carbocycles. The number of hydrogen-bond acceptors (Lipinski definition) is 9. The molecule has 1 aliphatic heterocycles. The number of hydrogen-bond donors (Lipinski definition) is 3. The van der Waals surface area contributed by atoms with Crippen molar-refractivity contribution in [2.45, 2.75) is 71.2 Å². The van der Waals surface area contributed by atoms with Crippen LogP contribution in [0.25, 0.3) is 0 Å². The van der Waals surface area contributed by atoms with Crippen molar-refractivity contribution in [3.63, 3.8) is 0 Å². The first-order valence-corrected chi connectivity index (χ1v) is 13.9. The Morgan fingerprint density at radius 1 is 1.10 bits per heavy atom. The third kappa shape index (κ3) is 5.64. The molecule has 2 aliphatic rings. The van der Waals surface area contributed by atoms with Gasteiger partial charge in [0.1, 0.15) is 23.7 Å². The van der Waals surface area contributed by atoms with Crippen LogP contribution in [0, 0.1) is 37.5 Å². The summed E-state index contributed by atoms with van der Waals surface area (Å²) < 4.78 is 12.4. The summed E-state index contributed by atoms with van der Waals surface area (Å²) in [6, 6.07) is 11.8. The second-order valence-electron chi connectivity index (χ2n) is 10.9. The normalized spacial score (nSPS) is 17.1. The number of likely N-dealkylation sites (tertiary alicyclic amines) is 1. The molecule has 9 heteroatoms. The van der Waals surface area contributed by atoms with Crippen LogP contribution in [0.4, 0.5) is 5.69 Å². The van der Waals surface area contributed by atoms with Gasteiger partial charge in [0, 0.05) is 41.5 Å². The van der Waals surface area contributed by atoms with Gasteiger partial charge in [0.05, 0.1) is 23.2 Å². The Morgan fingerprint density at radius 2 is 1.85 bits per heavy atom. The number of aryl methyl sites for hydroxylation is 3. The predicted octanol–water partition coefficient (Wildman–Crippen LogP) is 4.70. The molecule has 9 nitrogen and oxygen atoms in total. The van der Waals surface area contributed by atoms with E-state index >= 15 is 0 Å². The summed E-state index contributed by atoms with van der Waals surface area (Å²) >= 11 is 0. The van der Waals surface area contributed by atoms with E-state index in [2.05, 4.69) is 21.2 Å². The van der Waals surface area contributed by atoms with Crippen molar-refractivity contribution in [3.05, 3.63) is 75.6 Å². The van der Waals surface area contributed by atoms with Crippen LogP contribution in [-0.4, -0.2) is 46.0 Å². The van der Waals surface area contributed by atoms with Gasteiger partial charge in [-0.15, -0.1) is 0 Å². The van der Waals surface area contributed by atoms with Gasteiger partial charge in [-0.25, -0.2) is 0 Å². The molecule has 0 spiro atoms. The zero-order valence-corrected chi connectivity index (χ0v) is 23.4. The van der Waals surface area contributed by atoms with E-state index < -0.39 is 6.23 Å². The number of benzene rings is 2. The molecule has 1 atom stereocenters. The monoisotopic (exact) mass is 539 g/mol. The standard InChI is InChI=1S/C31H37N7O2/c1-18-13-21(14-22(16-32)30(18)39-24-9-11-38(12-10-24)23-5-4-6-23)29(34)26-15-25(7-8-27(26)33)40-31(35)28-19(2)17-36-37-20(28)3/h7-8,13-15,17,23-24,31,34H,4-6,9-12,33,35H2,1-3H3/t31-/m0/s1. The van der Waals surface area contributed by atoms with E-state index in [9.17, 15) is 5.26 Å². The van der Waals surface area contributed by atoms with Crippen LogP contribution in [0.1, 0.15) is 77.4 Å². The lowest BCUT2D eigenvalue weighted by atomic mass is 9.89. The summed E-state index contributed by atoms with van der Waals surface area (Å²) in [5.74, 6) is 1.08. The average molecular weight is 540 g/mol. The number of aromatic nitrogens is 2. The van der Waals surface area contributed by atoms with E-state index in [1.807, 2.05) is 26.8 Å². The topological polar surface area (TPSA) is 147 Å². The highest BCUT2D eigenvalue weighted by atomic mass is 16.5. The van der Waals surface area contributed by atoms with Crippen molar-refractivity contribution in [3.8, 4) is 17.6 Å². The van der Waals surface area contributed by atoms with Crippen molar-refractivity contribution in [2.75, 3.05) is 18.8 Å². The molecule has 3 aromatic rings. The van der Waals surface area contributed by atoms with Gasteiger partial charge < -0.3 is 20.1 Å². The van der Waals surface area contributed by atoms with Crippen molar-refractivity contribution < 1.29 is 9.47 Å². The Hall–Kier alpha value is -4.00. The fraction of sp³-hybridized carbons (Fsp3) is 0.419. The van der Waals surface area contributed by atoms with Gasteiger partial charge in [-0.3, -0.25) is 11.1 Å². The summed E-state index contributed by atoms with van der Waals surface area (Å²) in [7, 11) is 0. The molecule has 5 N–H and O–H groups in total. The summed E-state index contributed by atoms with van der Waals surface area (Å²) in [6.45, 7) is 7.74. The van der Waals surface area contributed by atoms with E-state index in [0.29, 0.717) is 39.6 Å². The quantitative estimate of drug-likeness (QED) is 0.212. The summed E-state index contributed by atoms with van der Waals surface area (Å²) in [5, 5.41) is 27.0. The van der Waals surface area contributed by atoms with E-state index in [0.717, 1.165) is 48.7 Å². The molecule has 5 rings (SSSR count). The Labute approximate surface area is 235 Å². The maximum Gasteiger partial charge on any atom is 0.176 e. The number of nitrogens with one attached hydrogen (secondary N) is 1. The fourth-order valence-corrected chi connectivity index (χ4v) is 5.66. The minimum Gasteiger partial charge on any atom is -0.489 e. The average Bonchev–Trinajstić information content (AvgIpc) is 2.90. The number of nitrogens with two attached hydrogens (primary N) is 2. The smallest absolute Gasteiger partial charge is 0.176 e. The predicted molar refractivity (Wildman–Crippen MR) is 155 cm³/mol. The van der Waals surface area contributed by atoms with Gasteiger partial charge in [0.25, 0.3) is 0 Å². The number of piperidine rings is 1. The zero-order chi connectivity index (χ0) is 28.4. The van der Waals surface area contributed by atoms with Crippen molar-refractivity contribution in [1.82, 2.24) is 15.1 Å². The Balaban J connectivity index is 1.33. The molecule has 0 unspecified atom stereocenters. The molecule has 1 saturated heterocycles. The van der Waals surface area contributed by atoms with E-state index in [4.69, 9.17) is 26.4 Å². The van der Waals surface area contributed by atoms with E-state index in [1.165, 1.54) is 19.3 Å². The number of anilines is 1. The Morgan fingerprint density at radius 3 is 2.50 bits per heavy atom. The molecule has 2 aromatic carbocycles. The lowest BCUT2D eigenvalue weighted by Crippen LogP contribution is -2.46. The molecule has 2 fully saturated rings. The molecule has 208 valence electrons. The zero-order valence-electron chi connectivity index (χ0n) is 23.4. The second-order valence-corrected chi connectivity index (χ2v) is 10.9. The molecule has 2 heterocycles. The molecule has 0 radical (unpaired) electrons. The lowest BCUT2D eigenvalue weighted by Gasteiger charge is -2.41. The molecule has 0 bridgehead atoms. The number of nitriles is 1. The van der Waals surface area contributed by atoms with Crippen LogP contribution in [0.3, 0.4) is 0 Å². The molecule has 40 heavy (non-hydrogen) atoms. The van der Waals surface area contributed by atoms with Crippen LogP contribution in [0.15, 0.2) is 36.5 Å². The van der Waals surface area contributed by atoms with E-state index in [1.54, 1.807) is 30.5 Å². The first-order valence-electron chi connectivity index (χ1n) is 13.9. The third-order valence-electron chi connectivity index (χ3n) is 8.15. The first kappa shape index (κ1) is 27.6. The van der Waals surface area contributed by atoms with Crippen molar-refractivity contribution >= 4 is 11.4 Å². The van der Waals surface area contributed by atoms with Gasteiger partial charge in [-0.05, 0) is 87.9 Å². The van der Waals surface area contributed by atoms with Crippen LogP contribution < -0.4 is 20.9 Å². The maximum absolute atomic E-state index is 9.98. The second kappa shape index (κ2) is 11.6. The molecule has 1 aromatic heterocycles. The highest BCUT2D eigenvalue weighted by molar-refractivity contribution is 6.14. The van der Waals surface area contributed by atoms with Crippen molar-refractivity contribution in [1.29, 1.82) is 10.7 Å². The van der Waals surface area contributed by atoms with Crippen LogP contribution in [0.2, 0.25) is 0 Å². The molecule has 0 amide bonds. The lowest BCUT2D eigenvalue weighted by molar-refractivity contribution is 0.0489. The molecule has 1 saturated carbocycles. The van der Waals surface area contributed by atoms with Gasteiger partial charge in [-0.2, -0.15) is 15.5 Å². The minimum atomic E-state index is -0.759. The van der Waals surface area contributed by atoms with Crippen molar-refractivity contribution in [2.24, 2.45) is 5.73 Å². The van der Waals surface area contributed by atoms with Gasteiger partial charge >= 0.3 is 0 Å². The van der Waals surface area contributed by atoms with Crippen LogP contribution >= 0.6 is 0 Å². The maximum atomic E-state index is 9.98. The Bertz CT molecular complexity index is 1430. The summed E-state index contributed by atoms with van der Waals surface area (Å²) in [6.07, 6.45) is 6.85. The Kier molecular flexibility index (Phi) is 8.01. The highest BCUT2D eigenvalue weighted by Gasteiger charge is 2.30. The number of ether oxygens (including phenoxy) is 2. The largest absolute Gasteiger partial charge is 0.489 e. The summed E-state index contributed by atoms with van der Waals surface area (Å²) in [5.41, 5.74) is 17.9. The molecular weight excluding hydrogens is 502 g/mol. The SMILES string of the molecule is Cc1cc(C(=N)c2cc(O[C@H](N)c3c(C)cnnc3C)ccc2N)cc(C#N)c1OC1CCN(C2CCC2)CC1. The number of rotatable bonds is 8. The third-order valence-corrected chi connectivity index (χ3v) is 8.15. The van der Waals surface area contributed by atoms with Gasteiger partial charge in [0.15, 0.2) is 6.23 Å². The first-order chi connectivity index (χ1) is 19.2. The van der Waals surface area contributed by atoms with Gasteiger partial charge in [-0.1, -0.05) is 6.42 Å². The highest BCUT2D eigenvalue weighted by Crippen LogP contribution is 2.33. The molecular formula is C31H37N7O2.